The molecule has 0 amide bonds. The van der Waals surface area contributed by atoms with E-state index in [4.69, 9.17) is 0 Å². The second-order valence-electron chi connectivity index (χ2n) is 3.73. The molecule has 2 N–H and O–H groups in total. The minimum Gasteiger partial charge on any atom is -0.383 e. The average molecular weight is 176 g/mol. The number of hydrogen-bond acceptors (Lipinski definition) is 2. The summed E-state index contributed by atoms with van der Waals surface area (Å²) in [5.74, 6) is 0. The van der Waals surface area contributed by atoms with Crippen LogP contribution in [0.15, 0.2) is 18.2 Å². The lowest BCUT2D eigenvalue weighted by molar-refractivity contribution is 0.570. The molecule has 13 heavy (non-hydrogen) atoms. The van der Waals surface area contributed by atoms with Gasteiger partial charge in [-0.05, 0) is 37.6 Å². The zero-order valence-corrected chi connectivity index (χ0v) is 8.22. The first-order valence-electron chi connectivity index (χ1n) is 4.80. The van der Waals surface area contributed by atoms with Crippen molar-refractivity contribution in [2.24, 2.45) is 0 Å². The van der Waals surface area contributed by atoms with Crippen LogP contribution in [0.2, 0.25) is 0 Å². The van der Waals surface area contributed by atoms with Gasteiger partial charge in [0.25, 0.3) is 0 Å². The van der Waals surface area contributed by atoms with Gasteiger partial charge in [-0.1, -0.05) is 12.1 Å². The third-order valence-corrected chi connectivity index (χ3v) is 2.68. The van der Waals surface area contributed by atoms with E-state index in [1.54, 1.807) is 0 Å². The molecule has 1 atom stereocenters. The molecule has 0 saturated carbocycles. The van der Waals surface area contributed by atoms with Gasteiger partial charge in [0.15, 0.2) is 0 Å². The summed E-state index contributed by atoms with van der Waals surface area (Å²) in [4.78, 5) is 0. The van der Waals surface area contributed by atoms with Crippen molar-refractivity contribution in [1.29, 1.82) is 0 Å². The maximum Gasteiger partial charge on any atom is 0.0376 e. The van der Waals surface area contributed by atoms with E-state index >= 15 is 0 Å². The van der Waals surface area contributed by atoms with Crippen LogP contribution < -0.4 is 10.6 Å². The van der Waals surface area contributed by atoms with Gasteiger partial charge >= 0.3 is 0 Å². The molecule has 1 aliphatic heterocycles. The second-order valence-corrected chi connectivity index (χ2v) is 3.73. The van der Waals surface area contributed by atoms with Gasteiger partial charge < -0.3 is 10.6 Å². The highest BCUT2D eigenvalue weighted by Gasteiger charge is 2.15. The van der Waals surface area contributed by atoms with Gasteiger partial charge in [-0.15, -0.1) is 0 Å². The lowest BCUT2D eigenvalue weighted by atomic mass is 9.98. The SMILES string of the molecule is CNC1CNc2cc(C)ccc2C1. The number of rotatable bonds is 1. The summed E-state index contributed by atoms with van der Waals surface area (Å²) < 4.78 is 0. The Morgan fingerprint density at radius 1 is 1.46 bits per heavy atom. The molecule has 1 aromatic rings. The Bertz CT molecular complexity index is 307. The first-order valence-corrected chi connectivity index (χ1v) is 4.80. The molecule has 0 aliphatic carbocycles. The maximum atomic E-state index is 3.44. The molecule has 70 valence electrons. The molecule has 1 unspecified atom stereocenters. The molecule has 2 rings (SSSR count). The fraction of sp³-hybridized carbons (Fsp3) is 0.455. The van der Waals surface area contributed by atoms with Gasteiger partial charge in [-0.25, -0.2) is 0 Å². The van der Waals surface area contributed by atoms with E-state index in [9.17, 15) is 0 Å². The topological polar surface area (TPSA) is 24.1 Å². The van der Waals surface area contributed by atoms with Crippen molar-refractivity contribution in [2.45, 2.75) is 19.4 Å². The van der Waals surface area contributed by atoms with Gasteiger partial charge in [0.1, 0.15) is 0 Å². The van der Waals surface area contributed by atoms with Crippen molar-refractivity contribution >= 4 is 5.69 Å². The quantitative estimate of drug-likeness (QED) is 0.678. The maximum absolute atomic E-state index is 3.44. The van der Waals surface area contributed by atoms with E-state index in [0.717, 1.165) is 13.0 Å². The van der Waals surface area contributed by atoms with Crippen molar-refractivity contribution < 1.29 is 0 Å². The molecule has 0 radical (unpaired) electrons. The van der Waals surface area contributed by atoms with Crippen LogP contribution in [-0.2, 0) is 6.42 Å². The summed E-state index contributed by atoms with van der Waals surface area (Å²) in [6.07, 6.45) is 1.14. The van der Waals surface area contributed by atoms with Crippen LogP contribution in [0, 0.1) is 6.92 Å². The van der Waals surface area contributed by atoms with Crippen LogP contribution in [0.3, 0.4) is 0 Å². The zero-order valence-electron chi connectivity index (χ0n) is 8.22. The van der Waals surface area contributed by atoms with Crippen molar-refractivity contribution in [3.63, 3.8) is 0 Å². The third-order valence-electron chi connectivity index (χ3n) is 2.68. The Morgan fingerprint density at radius 2 is 2.31 bits per heavy atom. The molecule has 0 aromatic heterocycles. The summed E-state index contributed by atoms with van der Waals surface area (Å²) in [5, 5.41) is 6.74. The van der Waals surface area contributed by atoms with Crippen molar-refractivity contribution in [3.8, 4) is 0 Å². The summed E-state index contributed by atoms with van der Waals surface area (Å²) in [5.41, 5.74) is 4.07. The fourth-order valence-electron chi connectivity index (χ4n) is 1.81. The molecule has 2 nitrogen and oxygen atoms in total. The predicted molar refractivity (Wildman–Crippen MR) is 56.2 cm³/mol. The summed E-state index contributed by atoms with van der Waals surface area (Å²) >= 11 is 0. The highest BCUT2D eigenvalue weighted by Crippen LogP contribution is 2.22. The van der Waals surface area contributed by atoms with Crippen LogP contribution in [-0.4, -0.2) is 19.6 Å². The van der Waals surface area contributed by atoms with Crippen molar-refractivity contribution in [2.75, 3.05) is 18.9 Å². The second kappa shape index (κ2) is 3.38. The highest BCUT2D eigenvalue weighted by molar-refractivity contribution is 5.55. The third kappa shape index (κ3) is 1.68. The van der Waals surface area contributed by atoms with Crippen molar-refractivity contribution in [3.05, 3.63) is 29.3 Å². The Kier molecular flexibility index (Phi) is 2.23. The van der Waals surface area contributed by atoms with E-state index < -0.39 is 0 Å². The Balaban J connectivity index is 2.26. The van der Waals surface area contributed by atoms with Gasteiger partial charge in [0.2, 0.25) is 0 Å². The number of fused-ring (bicyclic) bond motifs is 1. The largest absolute Gasteiger partial charge is 0.383 e. The van der Waals surface area contributed by atoms with E-state index in [0.29, 0.717) is 6.04 Å². The molecule has 1 heterocycles. The molecule has 0 spiro atoms. The Hall–Kier alpha value is -1.02. The Morgan fingerprint density at radius 3 is 3.08 bits per heavy atom. The van der Waals surface area contributed by atoms with Crippen LogP contribution in [0.25, 0.3) is 0 Å². The number of benzene rings is 1. The molecule has 0 bridgehead atoms. The highest BCUT2D eigenvalue weighted by atomic mass is 15.0. The van der Waals surface area contributed by atoms with E-state index in [1.807, 2.05) is 7.05 Å². The molecular formula is C11H16N2. The van der Waals surface area contributed by atoms with Crippen molar-refractivity contribution in [1.82, 2.24) is 5.32 Å². The first kappa shape index (κ1) is 8.57. The fourth-order valence-corrected chi connectivity index (χ4v) is 1.81. The molecule has 1 aromatic carbocycles. The molecule has 0 saturated heterocycles. The summed E-state index contributed by atoms with van der Waals surface area (Å²) in [7, 11) is 2.02. The monoisotopic (exact) mass is 176 g/mol. The van der Waals surface area contributed by atoms with E-state index in [-0.39, 0.29) is 0 Å². The van der Waals surface area contributed by atoms with Crippen LogP contribution in [0.1, 0.15) is 11.1 Å². The zero-order chi connectivity index (χ0) is 9.26. The molecule has 2 heteroatoms. The lowest BCUT2D eigenvalue weighted by Crippen LogP contribution is -2.38. The van der Waals surface area contributed by atoms with Gasteiger partial charge in [-0.2, -0.15) is 0 Å². The minimum absolute atomic E-state index is 0.579. The summed E-state index contributed by atoms with van der Waals surface area (Å²) in [6.45, 7) is 3.17. The molecule has 1 aliphatic rings. The minimum atomic E-state index is 0.579. The first-order chi connectivity index (χ1) is 6.29. The normalized spacial score (nSPS) is 20.6. The van der Waals surface area contributed by atoms with Gasteiger partial charge in [-0.3, -0.25) is 0 Å². The molecule has 0 fully saturated rings. The number of hydrogen-bond donors (Lipinski definition) is 2. The molecular weight excluding hydrogens is 160 g/mol. The summed E-state index contributed by atoms with van der Waals surface area (Å²) in [6, 6.07) is 7.20. The van der Waals surface area contributed by atoms with Gasteiger partial charge in [0, 0.05) is 18.3 Å². The van der Waals surface area contributed by atoms with E-state index in [2.05, 4.69) is 35.8 Å². The van der Waals surface area contributed by atoms with Crippen LogP contribution in [0.5, 0.6) is 0 Å². The standard InChI is InChI=1S/C11H16N2/c1-8-3-4-9-6-10(12-2)7-13-11(9)5-8/h3-5,10,12-13H,6-7H2,1-2H3. The number of anilines is 1. The number of nitrogens with one attached hydrogen (secondary N) is 2. The lowest BCUT2D eigenvalue weighted by Gasteiger charge is -2.26. The van der Waals surface area contributed by atoms with Crippen LogP contribution >= 0.6 is 0 Å². The average Bonchev–Trinajstić information content (AvgIpc) is 2.17. The number of aryl methyl sites for hydroxylation is 1. The predicted octanol–water partition coefficient (Wildman–Crippen LogP) is 1.55. The van der Waals surface area contributed by atoms with E-state index in [1.165, 1.54) is 16.8 Å². The smallest absolute Gasteiger partial charge is 0.0376 e. The van der Waals surface area contributed by atoms with Gasteiger partial charge in [0.05, 0.1) is 0 Å². The Labute approximate surface area is 79.4 Å². The van der Waals surface area contributed by atoms with Crippen LogP contribution in [0.4, 0.5) is 5.69 Å². The number of likely N-dealkylation sites (N-methyl/N-ethyl adjacent to an activating group) is 1.